The van der Waals surface area contributed by atoms with Crippen LogP contribution in [-0.2, 0) is 6.54 Å². The van der Waals surface area contributed by atoms with Crippen LogP contribution in [0.1, 0.15) is 15.9 Å². The van der Waals surface area contributed by atoms with Crippen LogP contribution in [0.25, 0.3) is 0 Å². The van der Waals surface area contributed by atoms with E-state index in [1.54, 1.807) is 35.5 Å². The Hall–Kier alpha value is -1.40. The van der Waals surface area contributed by atoms with Gasteiger partial charge in [0, 0.05) is 24.3 Å². The zero-order valence-corrected chi connectivity index (χ0v) is 12.2. The summed E-state index contributed by atoms with van der Waals surface area (Å²) in [5.74, 6) is 0.118. The van der Waals surface area contributed by atoms with E-state index in [0.29, 0.717) is 12.1 Å². The number of halogens is 1. The Balaban J connectivity index is 2.17. The van der Waals surface area contributed by atoms with Crippen LogP contribution in [0.3, 0.4) is 0 Å². The molecule has 2 aromatic heterocycles. The molecular weight excluding hydrogens is 314 g/mol. The molecule has 0 unspecified atom stereocenters. The number of nitrogens with zero attached hydrogens (tertiary/aromatic N) is 2. The maximum Gasteiger partial charge on any atom is 0.257 e. The highest BCUT2D eigenvalue weighted by Crippen LogP contribution is 2.18. The normalized spacial score (nSPS) is 10.3. The highest BCUT2D eigenvalue weighted by Gasteiger charge is 2.16. The van der Waals surface area contributed by atoms with Crippen LogP contribution in [0.15, 0.2) is 33.6 Å². The number of nitrogens with two attached hydrogens (primary N) is 1. The molecule has 0 spiro atoms. The van der Waals surface area contributed by atoms with Gasteiger partial charge < -0.3 is 10.6 Å². The van der Waals surface area contributed by atoms with Gasteiger partial charge in [-0.2, -0.15) is 11.3 Å². The highest BCUT2D eigenvalue weighted by atomic mass is 79.9. The Bertz CT molecular complexity index is 556. The van der Waals surface area contributed by atoms with Gasteiger partial charge in [-0.05, 0) is 44.4 Å². The summed E-state index contributed by atoms with van der Waals surface area (Å²) in [6.07, 6.45) is 1.57. The molecule has 2 aromatic rings. The predicted molar refractivity (Wildman–Crippen MR) is 76.5 cm³/mol. The molecule has 2 heterocycles. The van der Waals surface area contributed by atoms with E-state index in [4.69, 9.17) is 5.73 Å². The monoisotopic (exact) mass is 325 g/mol. The smallest absolute Gasteiger partial charge is 0.257 e. The van der Waals surface area contributed by atoms with E-state index in [1.807, 2.05) is 16.8 Å². The van der Waals surface area contributed by atoms with Crippen molar-refractivity contribution in [3.05, 3.63) is 44.7 Å². The van der Waals surface area contributed by atoms with E-state index in [-0.39, 0.29) is 11.7 Å². The van der Waals surface area contributed by atoms with Gasteiger partial charge in [0.15, 0.2) is 0 Å². The summed E-state index contributed by atoms with van der Waals surface area (Å²) in [4.78, 5) is 17.8. The molecule has 0 bridgehead atoms. The van der Waals surface area contributed by atoms with Gasteiger partial charge in [0.1, 0.15) is 5.82 Å². The zero-order valence-electron chi connectivity index (χ0n) is 9.76. The van der Waals surface area contributed by atoms with Gasteiger partial charge >= 0.3 is 0 Å². The lowest BCUT2D eigenvalue weighted by Gasteiger charge is -2.17. The van der Waals surface area contributed by atoms with E-state index in [0.717, 1.165) is 10.0 Å². The fourth-order valence-electron chi connectivity index (χ4n) is 1.56. The fraction of sp³-hybridized carbons (Fsp3) is 0.167. The summed E-state index contributed by atoms with van der Waals surface area (Å²) in [5, 5.41) is 4.01. The van der Waals surface area contributed by atoms with Crippen LogP contribution in [0.4, 0.5) is 5.82 Å². The van der Waals surface area contributed by atoms with Gasteiger partial charge in [0.25, 0.3) is 5.91 Å². The van der Waals surface area contributed by atoms with Crippen LogP contribution >= 0.6 is 27.3 Å². The number of pyridine rings is 1. The number of carbonyl (C=O) groups is 1. The van der Waals surface area contributed by atoms with Crippen molar-refractivity contribution in [1.82, 2.24) is 9.88 Å². The number of amides is 1. The first-order valence-electron chi connectivity index (χ1n) is 5.25. The summed E-state index contributed by atoms with van der Waals surface area (Å²) in [6, 6.07) is 3.69. The molecule has 0 radical (unpaired) electrons. The summed E-state index contributed by atoms with van der Waals surface area (Å²) in [7, 11) is 1.75. The lowest BCUT2D eigenvalue weighted by atomic mass is 10.2. The topological polar surface area (TPSA) is 59.2 Å². The van der Waals surface area contributed by atoms with Gasteiger partial charge in [-0.25, -0.2) is 4.98 Å². The third kappa shape index (κ3) is 2.88. The Labute approximate surface area is 118 Å². The molecule has 2 N–H and O–H groups in total. The molecule has 0 saturated heterocycles. The lowest BCUT2D eigenvalue weighted by Crippen LogP contribution is -2.27. The van der Waals surface area contributed by atoms with Gasteiger partial charge in [-0.1, -0.05) is 0 Å². The van der Waals surface area contributed by atoms with Crippen molar-refractivity contribution in [3.8, 4) is 0 Å². The molecule has 6 heteroatoms. The second-order valence-corrected chi connectivity index (χ2v) is 5.57. The van der Waals surface area contributed by atoms with Crippen molar-refractivity contribution in [2.75, 3.05) is 12.8 Å². The molecule has 0 saturated carbocycles. The van der Waals surface area contributed by atoms with Crippen LogP contribution < -0.4 is 5.73 Å². The van der Waals surface area contributed by atoms with Gasteiger partial charge in [0.2, 0.25) is 0 Å². The minimum absolute atomic E-state index is 0.132. The lowest BCUT2D eigenvalue weighted by molar-refractivity contribution is 0.0786. The Morgan fingerprint density at radius 3 is 3.06 bits per heavy atom. The Morgan fingerprint density at radius 2 is 2.39 bits per heavy atom. The van der Waals surface area contributed by atoms with Crippen LogP contribution in [0.5, 0.6) is 0 Å². The van der Waals surface area contributed by atoms with Gasteiger partial charge in [0.05, 0.1) is 5.56 Å². The van der Waals surface area contributed by atoms with Crippen molar-refractivity contribution >= 4 is 39.0 Å². The van der Waals surface area contributed by atoms with Crippen LogP contribution in [-0.4, -0.2) is 22.8 Å². The van der Waals surface area contributed by atoms with Crippen molar-refractivity contribution in [2.24, 2.45) is 0 Å². The molecule has 4 nitrogen and oxygen atoms in total. The van der Waals surface area contributed by atoms with E-state index >= 15 is 0 Å². The second kappa shape index (κ2) is 5.49. The number of nitrogen functional groups attached to an aromatic ring is 1. The number of hydrogen-bond donors (Lipinski definition) is 1. The van der Waals surface area contributed by atoms with Gasteiger partial charge in [-0.15, -0.1) is 0 Å². The number of carbonyl (C=O) groups excluding carboxylic acids is 1. The largest absolute Gasteiger partial charge is 0.383 e. The fourth-order valence-corrected chi connectivity index (χ4v) is 2.55. The first kappa shape index (κ1) is 13.0. The van der Waals surface area contributed by atoms with Crippen LogP contribution in [0.2, 0.25) is 0 Å². The molecule has 0 aliphatic rings. The molecule has 0 atom stereocenters. The first-order chi connectivity index (χ1) is 8.58. The number of anilines is 1. The molecule has 0 aliphatic heterocycles. The number of rotatable bonds is 3. The molecule has 0 aromatic carbocycles. The maximum absolute atomic E-state index is 12.2. The molecule has 0 aliphatic carbocycles. The second-order valence-electron chi connectivity index (χ2n) is 3.88. The summed E-state index contributed by atoms with van der Waals surface area (Å²) in [6.45, 7) is 0.564. The quantitative estimate of drug-likeness (QED) is 0.943. The average Bonchev–Trinajstić information content (AvgIpc) is 2.84. The molecule has 1 amide bonds. The number of aromatic nitrogens is 1. The summed E-state index contributed by atoms with van der Waals surface area (Å²) in [5.41, 5.74) is 7.25. The average molecular weight is 326 g/mol. The van der Waals surface area contributed by atoms with Crippen molar-refractivity contribution in [1.29, 1.82) is 0 Å². The van der Waals surface area contributed by atoms with Crippen molar-refractivity contribution in [3.63, 3.8) is 0 Å². The molecule has 2 rings (SSSR count). The summed E-state index contributed by atoms with van der Waals surface area (Å²) < 4.78 is 0.740. The SMILES string of the molecule is CN(Cc1ccsc1)C(=O)c1cc(Br)cnc1N. The summed E-state index contributed by atoms with van der Waals surface area (Å²) >= 11 is 4.90. The Morgan fingerprint density at radius 1 is 1.61 bits per heavy atom. The van der Waals surface area contributed by atoms with E-state index in [9.17, 15) is 4.79 Å². The third-order valence-corrected chi connectivity index (χ3v) is 3.63. The molecule has 94 valence electrons. The maximum atomic E-state index is 12.2. The highest BCUT2D eigenvalue weighted by molar-refractivity contribution is 9.10. The minimum Gasteiger partial charge on any atom is -0.383 e. The zero-order chi connectivity index (χ0) is 13.1. The molecule has 0 fully saturated rings. The van der Waals surface area contributed by atoms with E-state index < -0.39 is 0 Å². The molecular formula is C12H12BrN3OS. The Kier molecular flexibility index (Phi) is 3.98. The standard InChI is InChI=1S/C12H12BrN3OS/c1-16(6-8-2-3-18-7-8)12(17)10-4-9(13)5-15-11(10)14/h2-5,7H,6H2,1H3,(H2,14,15). The first-order valence-corrected chi connectivity index (χ1v) is 6.99. The number of thiophene rings is 1. The molecule has 18 heavy (non-hydrogen) atoms. The van der Waals surface area contributed by atoms with E-state index in [2.05, 4.69) is 20.9 Å². The number of hydrogen-bond acceptors (Lipinski definition) is 4. The predicted octanol–water partition coefficient (Wildman–Crippen LogP) is 2.76. The third-order valence-electron chi connectivity index (χ3n) is 2.46. The van der Waals surface area contributed by atoms with E-state index in [1.165, 1.54) is 0 Å². The minimum atomic E-state index is -0.132. The van der Waals surface area contributed by atoms with Crippen molar-refractivity contribution < 1.29 is 4.79 Å². The van der Waals surface area contributed by atoms with Gasteiger partial charge in [-0.3, -0.25) is 4.79 Å². The van der Waals surface area contributed by atoms with Crippen LogP contribution in [0, 0.1) is 0 Å². The van der Waals surface area contributed by atoms with Crippen molar-refractivity contribution in [2.45, 2.75) is 6.54 Å².